The van der Waals surface area contributed by atoms with Gasteiger partial charge in [-0.3, -0.25) is 0 Å². The van der Waals surface area contributed by atoms with Crippen molar-refractivity contribution in [1.82, 2.24) is 0 Å². The van der Waals surface area contributed by atoms with Crippen LogP contribution in [0.1, 0.15) is 38.5 Å². The minimum Gasteiger partial charge on any atom is -0.103 e. The van der Waals surface area contributed by atoms with Crippen LogP contribution in [-0.4, -0.2) is 0 Å². The van der Waals surface area contributed by atoms with E-state index in [0.717, 1.165) is 23.7 Å². The molecule has 4 unspecified atom stereocenters. The Hall–Kier alpha value is -0.780. The van der Waals surface area contributed by atoms with Gasteiger partial charge in [0.05, 0.1) is 0 Å². The molecule has 88 valence electrons. The van der Waals surface area contributed by atoms with Crippen LogP contribution in [0.15, 0.2) is 37.5 Å². The fourth-order valence-electron chi connectivity index (χ4n) is 3.20. The van der Waals surface area contributed by atoms with E-state index >= 15 is 0 Å². The quantitative estimate of drug-likeness (QED) is 0.595. The van der Waals surface area contributed by atoms with Crippen molar-refractivity contribution in [2.45, 2.75) is 38.5 Å². The van der Waals surface area contributed by atoms with Crippen LogP contribution in [0, 0.1) is 23.7 Å². The van der Waals surface area contributed by atoms with Gasteiger partial charge in [-0.25, -0.2) is 0 Å². The second kappa shape index (κ2) is 5.52. The van der Waals surface area contributed by atoms with Crippen LogP contribution in [-0.2, 0) is 0 Å². The summed E-state index contributed by atoms with van der Waals surface area (Å²) in [6, 6.07) is 0. The highest BCUT2D eigenvalue weighted by Gasteiger charge is 2.23. The molecule has 0 aliphatic heterocycles. The van der Waals surface area contributed by atoms with Crippen LogP contribution in [0.3, 0.4) is 0 Å². The van der Waals surface area contributed by atoms with Crippen molar-refractivity contribution in [2.75, 3.05) is 0 Å². The van der Waals surface area contributed by atoms with Crippen LogP contribution >= 0.6 is 0 Å². The summed E-state index contributed by atoms with van der Waals surface area (Å²) in [6.45, 7) is 7.80. The molecule has 0 saturated heterocycles. The second-order valence-corrected chi connectivity index (χ2v) is 5.52. The predicted molar refractivity (Wildman–Crippen MR) is 71.2 cm³/mol. The van der Waals surface area contributed by atoms with Gasteiger partial charge in [-0.2, -0.15) is 0 Å². The standard InChI is InChI=1S/C16H24/c1-3-13-5-7-15(11-13)9-10-16-8-6-14(4-2)12-16/h3-4,9-10,13-16H,1-2,5-8,11-12H2/b10-9-. The molecule has 0 bridgehead atoms. The highest BCUT2D eigenvalue weighted by atomic mass is 14.3. The monoisotopic (exact) mass is 216 g/mol. The molecule has 0 nitrogen and oxygen atoms in total. The van der Waals surface area contributed by atoms with Gasteiger partial charge in [-0.15, -0.1) is 13.2 Å². The molecule has 2 fully saturated rings. The van der Waals surface area contributed by atoms with Gasteiger partial charge in [0, 0.05) is 0 Å². The van der Waals surface area contributed by atoms with Gasteiger partial charge in [-0.1, -0.05) is 24.3 Å². The summed E-state index contributed by atoms with van der Waals surface area (Å²) >= 11 is 0. The smallest absolute Gasteiger partial charge is 0.0228 e. The number of hydrogen-bond donors (Lipinski definition) is 0. The molecule has 0 aromatic carbocycles. The largest absolute Gasteiger partial charge is 0.103 e. The Morgan fingerprint density at radius 3 is 1.31 bits per heavy atom. The average Bonchev–Trinajstić information content (AvgIpc) is 2.95. The van der Waals surface area contributed by atoms with Crippen molar-refractivity contribution in [1.29, 1.82) is 0 Å². The molecule has 0 spiro atoms. The third-order valence-corrected chi connectivity index (χ3v) is 4.35. The van der Waals surface area contributed by atoms with E-state index in [1.807, 2.05) is 0 Å². The molecule has 4 atom stereocenters. The topological polar surface area (TPSA) is 0 Å². The van der Waals surface area contributed by atoms with Gasteiger partial charge in [-0.05, 0) is 62.2 Å². The lowest BCUT2D eigenvalue weighted by atomic mass is 10.00. The molecule has 0 N–H and O–H groups in total. The van der Waals surface area contributed by atoms with Gasteiger partial charge in [0.15, 0.2) is 0 Å². The van der Waals surface area contributed by atoms with E-state index in [2.05, 4.69) is 37.5 Å². The fourth-order valence-corrected chi connectivity index (χ4v) is 3.20. The van der Waals surface area contributed by atoms with Crippen LogP contribution in [0.25, 0.3) is 0 Å². The molecule has 2 aliphatic rings. The first-order valence-electron chi connectivity index (χ1n) is 6.75. The van der Waals surface area contributed by atoms with E-state index < -0.39 is 0 Å². The zero-order valence-corrected chi connectivity index (χ0v) is 10.3. The van der Waals surface area contributed by atoms with Gasteiger partial charge in [0.1, 0.15) is 0 Å². The first-order chi connectivity index (χ1) is 7.81. The van der Waals surface area contributed by atoms with E-state index in [1.54, 1.807) is 0 Å². The Bertz CT molecular complexity index is 246. The molecule has 0 aromatic heterocycles. The molecular formula is C16H24. The molecule has 0 heterocycles. The van der Waals surface area contributed by atoms with Crippen LogP contribution < -0.4 is 0 Å². The first kappa shape index (κ1) is 11.7. The molecule has 0 radical (unpaired) electrons. The van der Waals surface area contributed by atoms with Crippen molar-refractivity contribution in [3.05, 3.63) is 37.5 Å². The summed E-state index contributed by atoms with van der Waals surface area (Å²) in [5.41, 5.74) is 0. The maximum Gasteiger partial charge on any atom is -0.0228 e. The van der Waals surface area contributed by atoms with Crippen molar-refractivity contribution < 1.29 is 0 Å². The third kappa shape index (κ3) is 2.87. The minimum atomic E-state index is 0.777. The first-order valence-corrected chi connectivity index (χ1v) is 6.75. The highest BCUT2D eigenvalue weighted by Crippen LogP contribution is 2.35. The molecule has 2 aliphatic carbocycles. The Balaban J connectivity index is 1.77. The summed E-state index contributed by atoms with van der Waals surface area (Å²) in [7, 11) is 0. The van der Waals surface area contributed by atoms with Gasteiger partial charge in [0.25, 0.3) is 0 Å². The van der Waals surface area contributed by atoms with Crippen LogP contribution in [0.5, 0.6) is 0 Å². The van der Waals surface area contributed by atoms with Gasteiger partial charge in [0.2, 0.25) is 0 Å². The van der Waals surface area contributed by atoms with Crippen molar-refractivity contribution >= 4 is 0 Å². The zero-order valence-electron chi connectivity index (χ0n) is 10.3. The van der Waals surface area contributed by atoms with Gasteiger partial charge < -0.3 is 0 Å². The molecule has 0 aromatic rings. The Labute approximate surface area is 100 Å². The van der Waals surface area contributed by atoms with Crippen molar-refractivity contribution in [3.8, 4) is 0 Å². The van der Waals surface area contributed by atoms with Crippen molar-refractivity contribution in [2.24, 2.45) is 23.7 Å². The van der Waals surface area contributed by atoms with E-state index in [0.29, 0.717) is 0 Å². The van der Waals surface area contributed by atoms with E-state index in [1.165, 1.54) is 38.5 Å². The van der Waals surface area contributed by atoms with Crippen molar-refractivity contribution in [3.63, 3.8) is 0 Å². The number of hydrogen-bond acceptors (Lipinski definition) is 0. The number of rotatable bonds is 4. The predicted octanol–water partition coefficient (Wildman–Crippen LogP) is 4.75. The molecule has 2 saturated carbocycles. The van der Waals surface area contributed by atoms with E-state index in [-0.39, 0.29) is 0 Å². The number of allylic oxidation sites excluding steroid dienone is 4. The van der Waals surface area contributed by atoms with Crippen LogP contribution in [0.4, 0.5) is 0 Å². The fraction of sp³-hybridized carbons (Fsp3) is 0.625. The molecule has 0 amide bonds. The Morgan fingerprint density at radius 1 is 0.625 bits per heavy atom. The second-order valence-electron chi connectivity index (χ2n) is 5.52. The lowest BCUT2D eigenvalue weighted by Crippen LogP contribution is -1.94. The van der Waals surface area contributed by atoms with E-state index in [9.17, 15) is 0 Å². The molecular weight excluding hydrogens is 192 g/mol. The summed E-state index contributed by atoms with van der Waals surface area (Å²) < 4.78 is 0. The zero-order chi connectivity index (χ0) is 11.4. The SMILES string of the molecule is C=CC1CCC(/C=C\C2CCC(C=C)C2)C1. The summed E-state index contributed by atoms with van der Waals surface area (Å²) in [6.07, 6.45) is 17.3. The van der Waals surface area contributed by atoms with Gasteiger partial charge >= 0.3 is 0 Å². The Kier molecular flexibility index (Phi) is 4.04. The maximum absolute atomic E-state index is 3.90. The normalized spacial score (nSPS) is 39.2. The van der Waals surface area contributed by atoms with E-state index in [4.69, 9.17) is 0 Å². The Morgan fingerprint density at radius 2 is 1.00 bits per heavy atom. The summed E-state index contributed by atoms with van der Waals surface area (Å²) in [5, 5.41) is 0. The summed E-state index contributed by atoms with van der Waals surface area (Å²) in [5.74, 6) is 3.20. The third-order valence-electron chi connectivity index (χ3n) is 4.35. The van der Waals surface area contributed by atoms with Crippen LogP contribution in [0.2, 0.25) is 0 Å². The maximum atomic E-state index is 3.90. The molecule has 0 heteroatoms. The lowest BCUT2D eigenvalue weighted by Gasteiger charge is -2.06. The minimum absolute atomic E-state index is 0.777. The average molecular weight is 216 g/mol. The molecule has 2 rings (SSSR count). The lowest BCUT2D eigenvalue weighted by molar-refractivity contribution is 0.613. The molecule has 16 heavy (non-hydrogen) atoms. The summed E-state index contributed by atoms with van der Waals surface area (Å²) in [4.78, 5) is 0. The highest BCUT2D eigenvalue weighted by molar-refractivity contribution is 5.01.